The van der Waals surface area contributed by atoms with Crippen molar-refractivity contribution in [3.8, 4) is 0 Å². The quantitative estimate of drug-likeness (QED) is 0.786. The van der Waals surface area contributed by atoms with Gasteiger partial charge in [0.2, 0.25) is 0 Å². The first kappa shape index (κ1) is 9.79. The van der Waals surface area contributed by atoms with E-state index in [1.165, 1.54) is 0 Å². The molecule has 0 bridgehead atoms. The first-order chi connectivity index (χ1) is 7.25. The van der Waals surface area contributed by atoms with Gasteiger partial charge in [-0.2, -0.15) is 5.10 Å². The molecule has 15 heavy (non-hydrogen) atoms. The lowest BCUT2D eigenvalue weighted by atomic mass is 10.1. The largest absolute Gasteiger partial charge is 0.321 e. The van der Waals surface area contributed by atoms with Gasteiger partial charge in [-0.25, -0.2) is 9.97 Å². The standard InChI is InChI=1S/C10H13N5/c1-15-7-8(6-14-15)5-9(11)10-12-3-2-4-13-10/h2-4,6-7,9H,5,11H2,1H3. The maximum Gasteiger partial charge on any atom is 0.145 e. The van der Waals surface area contributed by atoms with Crippen LogP contribution in [-0.2, 0) is 13.5 Å². The first-order valence-corrected chi connectivity index (χ1v) is 4.76. The minimum absolute atomic E-state index is 0.171. The third-order valence-corrected chi connectivity index (χ3v) is 2.13. The molecule has 0 saturated carbocycles. The van der Waals surface area contributed by atoms with Gasteiger partial charge in [0.15, 0.2) is 0 Å². The van der Waals surface area contributed by atoms with Gasteiger partial charge in [0.25, 0.3) is 0 Å². The van der Waals surface area contributed by atoms with E-state index in [2.05, 4.69) is 15.1 Å². The predicted molar refractivity (Wildman–Crippen MR) is 55.9 cm³/mol. The number of aryl methyl sites for hydroxylation is 1. The first-order valence-electron chi connectivity index (χ1n) is 4.76. The van der Waals surface area contributed by atoms with Gasteiger partial charge >= 0.3 is 0 Å². The highest BCUT2D eigenvalue weighted by Gasteiger charge is 2.10. The molecule has 5 heteroatoms. The number of hydrogen-bond acceptors (Lipinski definition) is 4. The fourth-order valence-electron chi connectivity index (χ4n) is 1.42. The van der Waals surface area contributed by atoms with E-state index in [1.54, 1.807) is 23.1 Å². The summed E-state index contributed by atoms with van der Waals surface area (Å²) in [6, 6.07) is 1.61. The molecule has 5 nitrogen and oxygen atoms in total. The average Bonchev–Trinajstić information content (AvgIpc) is 2.65. The molecule has 0 aliphatic rings. The zero-order valence-corrected chi connectivity index (χ0v) is 8.54. The molecule has 0 aromatic carbocycles. The highest BCUT2D eigenvalue weighted by Crippen LogP contribution is 2.10. The van der Waals surface area contributed by atoms with Crippen molar-refractivity contribution in [3.05, 3.63) is 42.2 Å². The summed E-state index contributed by atoms with van der Waals surface area (Å²) in [6.45, 7) is 0. The molecule has 0 aliphatic heterocycles. The Hall–Kier alpha value is -1.75. The van der Waals surface area contributed by atoms with Crippen LogP contribution in [0.2, 0.25) is 0 Å². The summed E-state index contributed by atoms with van der Waals surface area (Å²) in [6.07, 6.45) is 7.86. The summed E-state index contributed by atoms with van der Waals surface area (Å²) in [4.78, 5) is 8.24. The van der Waals surface area contributed by atoms with E-state index < -0.39 is 0 Å². The molecule has 1 unspecified atom stereocenters. The van der Waals surface area contributed by atoms with Gasteiger partial charge in [0.1, 0.15) is 5.82 Å². The highest BCUT2D eigenvalue weighted by atomic mass is 15.2. The van der Waals surface area contributed by atoms with Crippen LogP contribution < -0.4 is 5.73 Å². The van der Waals surface area contributed by atoms with Crippen LogP contribution in [0.3, 0.4) is 0 Å². The van der Waals surface area contributed by atoms with Crippen molar-refractivity contribution < 1.29 is 0 Å². The van der Waals surface area contributed by atoms with E-state index in [4.69, 9.17) is 5.73 Å². The van der Waals surface area contributed by atoms with Gasteiger partial charge < -0.3 is 5.73 Å². The Morgan fingerprint density at radius 1 is 1.40 bits per heavy atom. The monoisotopic (exact) mass is 203 g/mol. The molecule has 0 spiro atoms. The number of aromatic nitrogens is 4. The van der Waals surface area contributed by atoms with Crippen molar-refractivity contribution in [2.45, 2.75) is 12.5 Å². The van der Waals surface area contributed by atoms with Crippen LogP contribution in [0.1, 0.15) is 17.4 Å². The number of hydrogen-bond donors (Lipinski definition) is 1. The molecule has 0 amide bonds. The Kier molecular flexibility index (Phi) is 2.73. The molecule has 2 rings (SSSR count). The zero-order valence-electron chi connectivity index (χ0n) is 8.54. The second-order valence-electron chi connectivity index (χ2n) is 3.44. The molecule has 2 heterocycles. The van der Waals surface area contributed by atoms with Crippen LogP contribution in [0, 0.1) is 0 Å². The van der Waals surface area contributed by atoms with E-state index in [0.717, 1.165) is 5.56 Å². The van der Waals surface area contributed by atoms with E-state index in [-0.39, 0.29) is 6.04 Å². The summed E-state index contributed by atoms with van der Waals surface area (Å²) >= 11 is 0. The number of rotatable bonds is 3. The maximum absolute atomic E-state index is 5.97. The molecule has 2 aromatic heterocycles. The third-order valence-electron chi connectivity index (χ3n) is 2.13. The van der Waals surface area contributed by atoms with Crippen molar-refractivity contribution >= 4 is 0 Å². The van der Waals surface area contributed by atoms with E-state index in [0.29, 0.717) is 12.2 Å². The van der Waals surface area contributed by atoms with E-state index in [1.807, 2.05) is 19.4 Å². The van der Waals surface area contributed by atoms with Gasteiger partial charge in [-0.1, -0.05) is 0 Å². The lowest BCUT2D eigenvalue weighted by Crippen LogP contribution is -2.16. The minimum Gasteiger partial charge on any atom is -0.321 e. The smallest absolute Gasteiger partial charge is 0.145 e. The van der Waals surface area contributed by atoms with Crippen LogP contribution in [-0.4, -0.2) is 19.7 Å². The van der Waals surface area contributed by atoms with Crippen molar-refractivity contribution in [3.63, 3.8) is 0 Å². The molecule has 0 radical (unpaired) electrons. The Labute approximate surface area is 88.0 Å². The number of nitrogens with two attached hydrogens (primary N) is 1. The van der Waals surface area contributed by atoms with E-state index >= 15 is 0 Å². The molecule has 0 aliphatic carbocycles. The van der Waals surface area contributed by atoms with Crippen LogP contribution in [0.5, 0.6) is 0 Å². The average molecular weight is 203 g/mol. The van der Waals surface area contributed by atoms with Gasteiger partial charge in [-0.05, 0) is 18.1 Å². The van der Waals surface area contributed by atoms with Crippen LogP contribution in [0.25, 0.3) is 0 Å². The fraction of sp³-hybridized carbons (Fsp3) is 0.300. The molecule has 78 valence electrons. The molecule has 1 atom stereocenters. The normalized spacial score (nSPS) is 12.7. The predicted octanol–water partition coefficient (Wildman–Crippen LogP) is 0.453. The third kappa shape index (κ3) is 2.38. The zero-order chi connectivity index (χ0) is 10.7. The van der Waals surface area contributed by atoms with Crippen molar-refractivity contribution in [1.29, 1.82) is 0 Å². The fourth-order valence-corrected chi connectivity index (χ4v) is 1.42. The minimum atomic E-state index is -0.171. The van der Waals surface area contributed by atoms with Gasteiger partial charge in [-0.3, -0.25) is 4.68 Å². The Morgan fingerprint density at radius 3 is 2.73 bits per heavy atom. The Morgan fingerprint density at radius 2 is 2.13 bits per heavy atom. The van der Waals surface area contributed by atoms with Gasteiger partial charge in [0.05, 0.1) is 12.2 Å². The van der Waals surface area contributed by atoms with Crippen LogP contribution >= 0.6 is 0 Å². The van der Waals surface area contributed by atoms with Crippen molar-refractivity contribution in [2.24, 2.45) is 12.8 Å². The Balaban J connectivity index is 2.07. The summed E-state index contributed by atoms with van der Waals surface area (Å²) in [5, 5.41) is 4.08. The molecular formula is C10H13N5. The highest BCUT2D eigenvalue weighted by molar-refractivity contribution is 5.09. The van der Waals surface area contributed by atoms with Gasteiger partial charge in [0, 0.05) is 25.6 Å². The van der Waals surface area contributed by atoms with Crippen LogP contribution in [0.15, 0.2) is 30.9 Å². The van der Waals surface area contributed by atoms with Crippen LogP contribution in [0.4, 0.5) is 0 Å². The topological polar surface area (TPSA) is 69.6 Å². The van der Waals surface area contributed by atoms with Crippen molar-refractivity contribution in [2.75, 3.05) is 0 Å². The molecule has 2 N–H and O–H groups in total. The van der Waals surface area contributed by atoms with Crippen molar-refractivity contribution in [1.82, 2.24) is 19.7 Å². The molecular weight excluding hydrogens is 190 g/mol. The molecule has 2 aromatic rings. The summed E-state index contributed by atoms with van der Waals surface area (Å²) in [5.74, 6) is 0.668. The molecule has 0 saturated heterocycles. The second-order valence-corrected chi connectivity index (χ2v) is 3.44. The lowest BCUT2D eigenvalue weighted by molar-refractivity contribution is 0.666. The summed E-state index contributed by atoms with van der Waals surface area (Å²) in [5.41, 5.74) is 7.07. The lowest BCUT2D eigenvalue weighted by Gasteiger charge is -2.07. The van der Waals surface area contributed by atoms with E-state index in [9.17, 15) is 0 Å². The second kappa shape index (κ2) is 4.18. The molecule has 0 fully saturated rings. The summed E-state index contributed by atoms with van der Waals surface area (Å²) < 4.78 is 1.76. The summed E-state index contributed by atoms with van der Waals surface area (Å²) in [7, 11) is 1.88. The number of nitrogens with zero attached hydrogens (tertiary/aromatic N) is 4. The SMILES string of the molecule is Cn1cc(CC(N)c2ncccn2)cn1. The maximum atomic E-state index is 5.97. The van der Waals surface area contributed by atoms with Gasteiger partial charge in [-0.15, -0.1) is 0 Å². The Bertz CT molecular complexity index is 422.